The van der Waals surface area contributed by atoms with E-state index in [2.05, 4.69) is 4.72 Å². The SMILES string of the molecule is CC1CN(C(=O)C(NS(=O)(=O)c2ccc3c(c2)OCCCO3)C(C)C)CC(C)O1. The highest BCUT2D eigenvalue weighted by Gasteiger charge is 2.35. The van der Waals surface area contributed by atoms with Gasteiger partial charge in [-0.15, -0.1) is 0 Å². The lowest BCUT2D eigenvalue weighted by Gasteiger charge is -2.38. The van der Waals surface area contributed by atoms with Gasteiger partial charge in [-0.3, -0.25) is 4.79 Å². The summed E-state index contributed by atoms with van der Waals surface area (Å²) in [6.07, 6.45) is 0.553. The first-order chi connectivity index (χ1) is 13.7. The maximum Gasteiger partial charge on any atom is 0.241 e. The van der Waals surface area contributed by atoms with Crippen LogP contribution in [0.4, 0.5) is 0 Å². The van der Waals surface area contributed by atoms with Gasteiger partial charge in [0.15, 0.2) is 11.5 Å². The molecule has 0 aliphatic carbocycles. The minimum Gasteiger partial charge on any atom is -0.490 e. The van der Waals surface area contributed by atoms with Crippen molar-refractivity contribution < 1.29 is 27.4 Å². The summed E-state index contributed by atoms with van der Waals surface area (Å²) in [5, 5.41) is 0. The zero-order valence-electron chi connectivity index (χ0n) is 17.4. The van der Waals surface area contributed by atoms with Gasteiger partial charge < -0.3 is 19.1 Å². The van der Waals surface area contributed by atoms with E-state index in [0.29, 0.717) is 37.8 Å². The lowest BCUT2D eigenvalue weighted by Crippen LogP contribution is -2.56. The highest BCUT2D eigenvalue weighted by molar-refractivity contribution is 7.89. The number of fused-ring (bicyclic) bond motifs is 1. The van der Waals surface area contributed by atoms with Crippen LogP contribution in [0, 0.1) is 5.92 Å². The molecule has 2 aliphatic heterocycles. The van der Waals surface area contributed by atoms with Crippen LogP contribution in [-0.2, 0) is 19.6 Å². The summed E-state index contributed by atoms with van der Waals surface area (Å²) in [4.78, 5) is 14.8. The van der Waals surface area contributed by atoms with E-state index in [-0.39, 0.29) is 28.9 Å². The van der Waals surface area contributed by atoms with Crippen LogP contribution in [0.1, 0.15) is 34.1 Å². The van der Waals surface area contributed by atoms with Crippen molar-refractivity contribution in [2.75, 3.05) is 26.3 Å². The summed E-state index contributed by atoms with van der Waals surface area (Å²) < 4.78 is 45.5. The number of hydrogen-bond donors (Lipinski definition) is 1. The molecule has 0 spiro atoms. The maximum atomic E-state index is 13.1. The van der Waals surface area contributed by atoms with E-state index < -0.39 is 16.1 Å². The molecule has 9 heteroatoms. The van der Waals surface area contributed by atoms with Crippen molar-refractivity contribution in [3.8, 4) is 11.5 Å². The van der Waals surface area contributed by atoms with E-state index in [9.17, 15) is 13.2 Å². The molecule has 162 valence electrons. The number of rotatable bonds is 5. The number of benzene rings is 1. The molecule has 0 aromatic heterocycles. The first-order valence-electron chi connectivity index (χ1n) is 10.0. The largest absolute Gasteiger partial charge is 0.490 e. The normalized spacial score (nSPS) is 23.6. The number of amides is 1. The van der Waals surface area contributed by atoms with Gasteiger partial charge in [-0.05, 0) is 31.9 Å². The first-order valence-corrected chi connectivity index (χ1v) is 11.5. The second kappa shape index (κ2) is 8.89. The Morgan fingerprint density at radius 3 is 2.34 bits per heavy atom. The Hall–Kier alpha value is -1.84. The van der Waals surface area contributed by atoms with Gasteiger partial charge >= 0.3 is 0 Å². The zero-order chi connectivity index (χ0) is 21.2. The highest BCUT2D eigenvalue weighted by Crippen LogP contribution is 2.32. The Kier molecular flexibility index (Phi) is 6.70. The second-order valence-corrected chi connectivity index (χ2v) is 9.72. The molecule has 2 heterocycles. The van der Waals surface area contributed by atoms with Crippen LogP contribution >= 0.6 is 0 Å². The van der Waals surface area contributed by atoms with E-state index in [4.69, 9.17) is 14.2 Å². The van der Waals surface area contributed by atoms with Crippen molar-refractivity contribution >= 4 is 15.9 Å². The molecule has 1 aromatic carbocycles. The van der Waals surface area contributed by atoms with Gasteiger partial charge in [0, 0.05) is 25.6 Å². The van der Waals surface area contributed by atoms with Crippen LogP contribution in [0.25, 0.3) is 0 Å². The summed E-state index contributed by atoms with van der Waals surface area (Å²) in [6, 6.07) is 3.64. The van der Waals surface area contributed by atoms with Crippen LogP contribution in [0.2, 0.25) is 0 Å². The molecule has 1 N–H and O–H groups in total. The Balaban J connectivity index is 1.80. The molecule has 0 bridgehead atoms. The lowest BCUT2D eigenvalue weighted by molar-refractivity contribution is -0.145. The topological polar surface area (TPSA) is 94.2 Å². The third-order valence-corrected chi connectivity index (χ3v) is 6.41. The first kappa shape index (κ1) is 21.9. The smallest absolute Gasteiger partial charge is 0.241 e. The fourth-order valence-electron chi connectivity index (χ4n) is 3.57. The van der Waals surface area contributed by atoms with Crippen LogP contribution < -0.4 is 14.2 Å². The standard InChI is InChI=1S/C20H30N2O6S/c1-13(2)19(20(23)22-11-14(3)28-15(4)12-22)21-29(24,25)16-6-7-17-18(10-16)27-9-5-8-26-17/h6-7,10,13-15,19,21H,5,8-9,11-12H2,1-4H3. The van der Waals surface area contributed by atoms with Crippen molar-refractivity contribution in [3.05, 3.63) is 18.2 Å². The van der Waals surface area contributed by atoms with Crippen molar-refractivity contribution in [1.82, 2.24) is 9.62 Å². The van der Waals surface area contributed by atoms with E-state index >= 15 is 0 Å². The molecule has 0 saturated carbocycles. The van der Waals surface area contributed by atoms with Gasteiger partial charge in [-0.1, -0.05) is 13.8 Å². The molecular formula is C20H30N2O6S. The number of ether oxygens (including phenoxy) is 3. The molecule has 0 radical (unpaired) electrons. The van der Waals surface area contributed by atoms with E-state index in [0.717, 1.165) is 6.42 Å². The number of hydrogen-bond acceptors (Lipinski definition) is 6. The number of nitrogens with one attached hydrogen (secondary N) is 1. The van der Waals surface area contributed by atoms with Gasteiger partial charge in [0.25, 0.3) is 0 Å². The average molecular weight is 427 g/mol. The van der Waals surface area contributed by atoms with E-state index in [1.54, 1.807) is 11.0 Å². The molecule has 3 rings (SSSR count). The summed E-state index contributed by atoms with van der Waals surface area (Å²) in [5.41, 5.74) is 0. The number of carbonyl (C=O) groups excluding carboxylic acids is 1. The second-order valence-electron chi connectivity index (χ2n) is 8.00. The predicted octanol–water partition coefficient (Wildman–Crippen LogP) is 1.79. The fraction of sp³-hybridized carbons (Fsp3) is 0.650. The molecule has 3 atom stereocenters. The average Bonchev–Trinajstić information content (AvgIpc) is 2.89. The van der Waals surface area contributed by atoms with Crippen molar-refractivity contribution in [2.45, 2.75) is 57.3 Å². The van der Waals surface area contributed by atoms with Crippen LogP contribution in [0.5, 0.6) is 11.5 Å². The molecule has 1 aromatic rings. The van der Waals surface area contributed by atoms with Crippen molar-refractivity contribution in [2.24, 2.45) is 5.92 Å². The molecule has 29 heavy (non-hydrogen) atoms. The zero-order valence-corrected chi connectivity index (χ0v) is 18.2. The highest BCUT2D eigenvalue weighted by atomic mass is 32.2. The van der Waals surface area contributed by atoms with Gasteiger partial charge in [0.05, 0.1) is 30.3 Å². The van der Waals surface area contributed by atoms with Crippen molar-refractivity contribution in [3.63, 3.8) is 0 Å². The number of carbonyl (C=O) groups is 1. The fourth-order valence-corrected chi connectivity index (χ4v) is 4.92. The Morgan fingerprint density at radius 2 is 1.72 bits per heavy atom. The minimum absolute atomic E-state index is 0.0453. The van der Waals surface area contributed by atoms with Crippen LogP contribution in [-0.4, -0.2) is 63.8 Å². The summed E-state index contributed by atoms with van der Waals surface area (Å²) in [7, 11) is -3.92. The van der Waals surface area contributed by atoms with Gasteiger partial charge in [0.1, 0.15) is 6.04 Å². The Morgan fingerprint density at radius 1 is 1.10 bits per heavy atom. The van der Waals surface area contributed by atoms with Crippen LogP contribution in [0.15, 0.2) is 23.1 Å². The third kappa shape index (κ3) is 5.21. The molecule has 2 aliphatic rings. The predicted molar refractivity (Wildman–Crippen MR) is 108 cm³/mol. The summed E-state index contributed by atoms with van der Waals surface area (Å²) in [5.74, 6) is 0.467. The maximum absolute atomic E-state index is 13.1. The minimum atomic E-state index is -3.92. The number of nitrogens with zero attached hydrogens (tertiary/aromatic N) is 1. The van der Waals surface area contributed by atoms with E-state index in [1.165, 1.54) is 12.1 Å². The van der Waals surface area contributed by atoms with Gasteiger partial charge in [-0.2, -0.15) is 4.72 Å². The Labute approximate surface area is 172 Å². The number of morpholine rings is 1. The third-order valence-electron chi connectivity index (χ3n) is 4.98. The molecule has 3 unspecified atom stereocenters. The Bertz CT molecular complexity index is 831. The van der Waals surface area contributed by atoms with E-state index in [1.807, 2.05) is 27.7 Å². The lowest BCUT2D eigenvalue weighted by atomic mass is 10.0. The molecule has 1 amide bonds. The molecule has 8 nitrogen and oxygen atoms in total. The van der Waals surface area contributed by atoms with Crippen molar-refractivity contribution in [1.29, 1.82) is 0 Å². The van der Waals surface area contributed by atoms with Gasteiger partial charge in [0.2, 0.25) is 15.9 Å². The summed E-state index contributed by atoms with van der Waals surface area (Å²) in [6.45, 7) is 9.33. The monoisotopic (exact) mass is 426 g/mol. The molecule has 1 fully saturated rings. The van der Waals surface area contributed by atoms with Gasteiger partial charge in [-0.25, -0.2) is 8.42 Å². The summed E-state index contributed by atoms with van der Waals surface area (Å²) >= 11 is 0. The van der Waals surface area contributed by atoms with Crippen LogP contribution in [0.3, 0.4) is 0 Å². The number of sulfonamides is 1. The molecule has 1 saturated heterocycles. The quantitative estimate of drug-likeness (QED) is 0.771. The molecular weight excluding hydrogens is 396 g/mol.